The molecule has 4 atom stereocenters. The van der Waals surface area contributed by atoms with E-state index >= 15 is 0 Å². The maximum Gasteiger partial charge on any atom is 0.351 e. The van der Waals surface area contributed by atoms with Crippen LogP contribution in [0.4, 0.5) is 5.82 Å². The Kier molecular flexibility index (Phi) is 3.47. The third-order valence-corrected chi connectivity index (χ3v) is 3.55. The van der Waals surface area contributed by atoms with Crippen LogP contribution in [0.15, 0.2) is 17.1 Å². The predicted octanol–water partition coefficient (Wildman–Crippen LogP) is -1.57. The zero-order chi connectivity index (χ0) is 14.3. The minimum absolute atomic E-state index is 0.381. The summed E-state index contributed by atoms with van der Waals surface area (Å²) in [7, 11) is 0. The van der Waals surface area contributed by atoms with Crippen LogP contribution in [-0.2, 0) is 4.74 Å². The molecule has 8 nitrogen and oxygen atoms in total. The molecule has 1 aromatic heterocycles. The Morgan fingerprint density at radius 3 is 2.70 bits per heavy atom. The van der Waals surface area contributed by atoms with E-state index in [1.807, 2.05) is 0 Å². The smallest absolute Gasteiger partial charge is 0.351 e. The van der Waals surface area contributed by atoms with Crippen molar-refractivity contribution in [3.05, 3.63) is 22.7 Å². The van der Waals surface area contributed by atoms with Crippen LogP contribution in [0.5, 0.6) is 0 Å². The molecule has 0 aromatic carbocycles. The first-order valence-electron chi connectivity index (χ1n) is 6.58. The Morgan fingerprint density at radius 2 is 2.15 bits per heavy atom. The predicted molar refractivity (Wildman–Crippen MR) is 68.2 cm³/mol. The van der Waals surface area contributed by atoms with Crippen molar-refractivity contribution in [2.24, 2.45) is 0 Å². The van der Waals surface area contributed by atoms with Crippen molar-refractivity contribution in [3.8, 4) is 0 Å². The van der Waals surface area contributed by atoms with Crippen LogP contribution in [-0.4, -0.2) is 55.8 Å². The Labute approximate surface area is 114 Å². The second-order valence-corrected chi connectivity index (χ2v) is 5.15. The summed E-state index contributed by atoms with van der Waals surface area (Å²) in [6.45, 7) is -0.432. The second-order valence-electron chi connectivity index (χ2n) is 5.15. The summed E-state index contributed by atoms with van der Waals surface area (Å²) in [5, 5.41) is 31.7. The number of aliphatic hydroxyl groups is 3. The number of hydrogen-bond acceptors (Lipinski definition) is 7. The lowest BCUT2D eigenvalue weighted by atomic mass is 10.1. The van der Waals surface area contributed by atoms with Gasteiger partial charge in [-0.2, -0.15) is 4.98 Å². The van der Waals surface area contributed by atoms with Crippen LogP contribution in [0.1, 0.15) is 19.1 Å². The molecule has 1 aliphatic heterocycles. The van der Waals surface area contributed by atoms with Gasteiger partial charge in [-0.05, 0) is 18.9 Å². The van der Waals surface area contributed by atoms with Crippen molar-refractivity contribution in [2.75, 3.05) is 11.9 Å². The Morgan fingerprint density at radius 1 is 1.40 bits per heavy atom. The van der Waals surface area contributed by atoms with Gasteiger partial charge in [-0.3, -0.25) is 4.57 Å². The molecule has 0 bridgehead atoms. The van der Waals surface area contributed by atoms with Gasteiger partial charge in [0, 0.05) is 12.2 Å². The van der Waals surface area contributed by atoms with E-state index in [9.17, 15) is 15.0 Å². The Balaban J connectivity index is 1.81. The summed E-state index contributed by atoms with van der Waals surface area (Å²) >= 11 is 0. The molecule has 2 heterocycles. The highest BCUT2D eigenvalue weighted by Crippen LogP contribution is 2.28. The first-order chi connectivity index (χ1) is 9.60. The number of rotatable bonds is 4. The summed E-state index contributed by atoms with van der Waals surface area (Å²) in [4.78, 5) is 15.8. The lowest BCUT2D eigenvalue weighted by Gasteiger charge is -2.17. The van der Waals surface area contributed by atoms with Gasteiger partial charge < -0.3 is 25.4 Å². The van der Waals surface area contributed by atoms with E-state index in [-0.39, 0.29) is 0 Å². The number of nitrogens with zero attached hydrogens (tertiary/aromatic N) is 2. The maximum absolute atomic E-state index is 12.0. The summed E-state index contributed by atoms with van der Waals surface area (Å²) in [5.74, 6) is 0.487. The van der Waals surface area contributed by atoms with Gasteiger partial charge in [-0.15, -0.1) is 0 Å². The van der Waals surface area contributed by atoms with Crippen molar-refractivity contribution >= 4 is 5.82 Å². The monoisotopic (exact) mass is 283 g/mol. The number of ether oxygens (including phenoxy) is 1. The topological polar surface area (TPSA) is 117 Å². The van der Waals surface area contributed by atoms with Crippen molar-refractivity contribution in [1.82, 2.24) is 9.55 Å². The van der Waals surface area contributed by atoms with Gasteiger partial charge in [0.15, 0.2) is 6.23 Å². The zero-order valence-electron chi connectivity index (χ0n) is 10.7. The Bertz CT molecular complexity index is 544. The van der Waals surface area contributed by atoms with Gasteiger partial charge >= 0.3 is 5.69 Å². The van der Waals surface area contributed by atoms with Crippen molar-refractivity contribution < 1.29 is 20.1 Å². The Hall–Kier alpha value is -1.48. The van der Waals surface area contributed by atoms with Crippen molar-refractivity contribution in [3.63, 3.8) is 0 Å². The highest BCUT2D eigenvalue weighted by molar-refractivity contribution is 5.35. The minimum atomic E-state index is -1.28. The zero-order valence-corrected chi connectivity index (χ0v) is 10.7. The average Bonchev–Trinajstić information content (AvgIpc) is 3.19. The molecule has 3 rings (SSSR count). The highest BCUT2D eigenvalue weighted by atomic mass is 16.6. The van der Waals surface area contributed by atoms with E-state index in [4.69, 9.17) is 9.84 Å². The molecule has 1 saturated carbocycles. The fourth-order valence-corrected chi connectivity index (χ4v) is 2.23. The molecule has 0 radical (unpaired) electrons. The number of hydrogen-bond donors (Lipinski definition) is 4. The van der Waals surface area contributed by atoms with Crippen LogP contribution in [0, 0.1) is 0 Å². The quantitative estimate of drug-likeness (QED) is 0.527. The second kappa shape index (κ2) is 5.13. The van der Waals surface area contributed by atoms with E-state index in [0.29, 0.717) is 11.9 Å². The SMILES string of the molecule is O=c1nc(NC2CC2)ccn1[C@H]1O[C@@H](CO)[C@@H](O)[C@H]1O. The van der Waals surface area contributed by atoms with Crippen molar-refractivity contribution in [2.45, 2.75) is 43.4 Å². The van der Waals surface area contributed by atoms with Gasteiger partial charge in [0.05, 0.1) is 6.61 Å². The molecule has 1 aromatic rings. The number of aliphatic hydroxyl groups excluding tert-OH is 3. The molecule has 2 fully saturated rings. The molecule has 1 saturated heterocycles. The molecule has 4 N–H and O–H groups in total. The molecule has 0 unspecified atom stereocenters. The largest absolute Gasteiger partial charge is 0.394 e. The van der Waals surface area contributed by atoms with E-state index in [1.54, 1.807) is 6.07 Å². The summed E-state index contributed by atoms with van der Waals surface area (Å²) in [6, 6.07) is 2.00. The molecule has 20 heavy (non-hydrogen) atoms. The van der Waals surface area contributed by atoms with Gasteiger partial charge in [0.25, 0.3) is 0 Å². The van der Waals surface area contributed by atoms with Crippen LogP contribution < -0.4 is 11.0 Å². The molecular formula is C12H17N3O5. The van der Waals surface area contributed by atoms with Gasteiger partial charge in [-0.25, -0.2) is 4.79 Å². The minimum Gasteiger partial charge on any atom is -0.394 e. The average molecular weight is 283 g/mol. The molecule has 8 heteroatoms. The first-order valence-corrected chi connectivity index (χ1v) is 6.58. The van der Waals surface area contributed by atoms with E-state index in [0.717, 1.165) is 17.4 Å². The van der Waals surface area contributed by atoms with E-state index in [1.165, 1.54) is 6.20 Å². The van der Waals surface area contributed by atoms with Crippen LogP contribution in [0.2, 0.25) is 0 Å². The van der Waals surface area contributed by atoms with E-state index in [2.05, 4.69) is 10.3 Å². The molecule has 0 amide bonds. The highest BCUT2D eigenvalue weighted by Gasteiger charge is 2.43. The fraction of sp³-hybridized carbons (Fsp3) is 0.667. The molecule has 0 spiro atoms. The third kappa shape index (κ3) is 2.42. The fourth-order valence-electron chi connectivity index (χ4n) is 2.23. The van der Waals surface area contributed by atoms with Crippen LogP contribution in [0.3, 0.4) is 0 Å². The van der Waals surface area contributed by atoms with E-state index < -0.39 is 36.8 Å². The normalized spacial score (nSPS) is 33.4. The molecule has 110 valence electrons. The number of aromatic nitrogens is 2. The van der Waals surface area contributed by atoms with Gasteiger partial charge in [0.1, 0.15) is 24.1 Å². The van der Waals surface area contributed by atoms with Crippen LogP contribution >= 0.6 is 0 Å². The van der Waals surface area contributed by atoms with Crippen LogP contribution in [0.25, 0.3) is 0 Å². The molecule has 2 aliphatic rings. The van der Waals surface area contributed by atoms with Crippen molar-refractivity contribution in [1.29, 1.82) is 0 Å². The maximum atomic E-state index is 12.0. The lowest BCUT2D eigenvalue weighted by Crippen LogP contribution is -2.36. The molecular weight excluding hydrogens is 266 g/mol. The molecule has 1 aliphatic carbocycles. The number of anilines is 1. The summed E-state index contributed by atoms with van der Waals surface area (Å²) < 4.78 is 6.40. The van der Waals surface area contributed by atoms with Gasteiger partial charge in [0.2, 0.25) is 0 Å². The number of nitrogens with one attached hydrogen (secondary N) is 1. The van der Waals surface area contributed by atoms with Gasteiger partial charge in [-0.1, -0.05) is 0 Å². The first kappa shape index (κ1) is 13.5. The lowest BCUT2D eigenvalue weighted by molar-refractivity contribution is -0.0549. The third-order valence-electron chi connectivity index (χ3n) is 3.55. The summed E-state index contributed by atoms with van der Waals surface area (Å²) in [5.41, 5.74) is -0.578. The standard InChI is InChI=1S/C12H17N3O5/c16-5-7-9(17)10(18)11(20-7)15-4-3-8(14-12(15)19)13-6-1-2-6/h3-4,6-7,9-11,16-18H,1-2,5H2,(H,13,14,19)/t7-,9+,10+,11-/m0/s1. The summed E-state index contributed by atoms with van der Waals surface area (Å²) in [6.07, 6.45) is -0.877.